The minimum absolute atomic E-state index is 0.0106. The standard InChI is InChI=1S/C50H83N3O16P2/c1-3-5-7-9-11-13-14-15-16-17-18-20-22-26-31-35-46(56)67-42(38-64-45(55)34-30-27-23-25-29-33-41(54)32-28-24-21-19-12-10-8-6-4-2)39-65-70(60,61)69-71(62,63)66-40-43-47(57)48(58)49(68-43)53-37-36-44(51)52-50(53)59/h12-14,19,23-25,28-29,33,36-37,41-43,47-49,54,57-58H,3-11,15-18,20-22,26-27,30-32,34-35,38-40H2,1-2H3,(H,60,61)(H,62,63)(H2,51,52,59)/b14-13-,19-12-,25-23+,28-24-,33-29-/t41?,42-,43-,47-,48-,49-/m1/s1. The van der Waals surface area contributed by atoms with Gasteiger partial charge in [0.05, 0.1) is 19.3 Å². The van der Waals surface area contributed by atoms with Crippen molar-refractivity contribution in [1.29, 1.82) is 0 Å². The zero-order valence-corrected chi connectivity index (χ0v) is 43.7. The largest absolute Gasteiger partial charge is 0.481 e. The molecule has 1 aliphatic heterocycles. The first-order chi connectivity index (χ1) is 34.1. The fourth-order valence-electron chi connectivity index (χ4n) is 7.14. The molecule has 0 amide bonds. The first-order valence-corrected chi connectivity index (χ1v) is 28.4. The average Bonchev–Trinajstić information content (AvgIpc) is 3.60. The number of aromatic nitrogens is 2. The number of rotatable bonds is 41. The Bertz CT molecular complexity index is 1940. The van der Waals surface area contributed by atoms with Crippen LogP contribution in [-0.4, -0.2) is 96.9 Å². The van der Waals surface area contributed by atoms with Gasteiger partial charge in [-0.25, -0.2) is 13.9 Å². The first kappa shape index (κ1) is 63.5. The lowest BCUT2D eigenvalue weighted by Gasteiger charge is -2.21. The van der Waals surface area contributed by atoms with Gasteiger partial charge in [0.25, 0.3) is 0 Å². The van der Waals surface area contributed by atoms with Gasteiger partial charge in [0, 0.05) is 19.0 Å². The van der Waals surface area contributed by atoms with E-state index in [2.05, 4.69) is 47.4 Å². The zero-order valence-electron chi connectivity index (χ0n) is 41.9. The number of anilines is 1. The van der Waals surface area contributed by atoms with E-state index in [9.17, 15) is 48.6 Å². The number of unbranched alkanes of at least 4 members (excludes halogenated alkanes) is 15. The van der Waals surface area contributed by atoms with Crippen molar-refractivity contribution in [2.45, 2.75) is 198 Å². The highest BCUT2D eigenvalue weighted by Crippen LogP contribution is 2.60. The lowest BCUT2D eigenvalue weighted by Crippen LogP contribution is -2.36. The number of phosphoric ester groups is 2. The number of hydrogen-bond acceptors (Lipinski definition) is 16. The summed E-state index contributed by atoms with van der Waals surface area (Å²) in [5, 5.41) is 31.1. The molecule has 0 spiro atoms. The number of aliphatic hydroxyl groups is 3. The first-order valence-electron chi connectivity index (χ1n) is 25.4. The van der Waals surface area contributed by atoms with Crippen LogP contribution in [0.15, 0.2) is 77.8 Å². The topological polar surface area (TPSA) is 286 Å². The molecule has 3 unspecified atom stereocenters. The molecule has 21 heteroatoms. The number of carbonyl (C=O) groups excluding carboxylic acids is 2. The molecule has 7 N–H and O–H groups in total. The number of allylic oxidation sites excluding steroid dienone is 8. The van der Waals surface area contributed by atoms with Crippen molar-refractivity contribution in [2.24, 2.45) is 0 Å². The molecule has 0 bridgehead atoms. The van der Waals surface area contributed by atoms with Gasteiger partial charge >= 0.3 is 33.3 Å². The summed E-state index contributed by atoms with van der Waals surface area (Å²) < 4.78 is 56.6. The van der Waals surface area contributed by atoms with Gasteiger partial charge in [-0.3, -0.25) is 23.2 Å². The fraction of sp³-hybridized carbons (Fsp3) is 0.680. The van der Waals surface area contributed by atoms with Gasteiger partial charge < -0.3 is 45.1 Å². The van der Waals surface area contributed by atoms with Crippen LogP contribution in [0.5, 0.6) is 0 Å². The summed E-state index contributed by atoms with van der Waals surface area (Å²) in [6.07, 6.45) is 33.3. The Hall–Kier alpha value is -3.58. The summed E-state index contributed by atoms with van der Waals surface area (Å²) in [6.45, 7) is 1.96. The number of nitrogen functional groups attached to an aromatic ring is 1. The summed E-state index contributed by atoms with van der Waals surface area (Å²) in [6, 6.07) is 1.24. The summed E-state index contributed by atoms with van der Waals surface area (Å²) in [5.41, 5.74) is 4.57. The molecule has 1 aromatic rings. The third-order valence-electron chi connectivity index (χ3n) is 11.2. The van der Waals surface area contributed by atoms with Crippen LogP contribution in [0.3, 0.4) is 0 Å². The number of ether oxygens (including phenoxy) is 3. The lowest BCUT2D eigenvalue weighted by atomic mass is 10.1. The van der Waals surface area contributed by atoms with Crippen molar-refractivity contribution in [3.63, 3.8) is 0 Å². The smallest absolute Gasteiger partial charge is 0.462 e. The van der Waals surface area contributed by atoms with Crippen LogP contribution < -0.4 is 11.4 Å². The van der Waals surface area contributed by atoms with Gasteiger partial charge in [-0.2, -0.15) is 9.29 Å². The second-order valence-corrected chi connectivity index (χ2v) is 20.6. The third-order valence-corrected chi connectivity index (χ3v) is 13.8. The normalized spacial score (nSPS) is 20.1. The van der Waals surface area contributed by atoms with E-state index in [4.69, 9.17) is 29.0 Å². The molecule has 71 heavy (non-hydrogen) atoms. The van der Waals surface area contributed by atoms with E-state index in [1.807, 2.05) is 18.2 Å². The molecule has 0 aliphatic carbocycles. The number of carbonyl (C=O) groups is 2. The number of esters is 2. The number of aliphatic hydroxyl groups excluding tert-OH is 3. The van der Waals surface area contributed by atoms with Gasteiger partial charge in [0.1, 0.15) is 30.7 Å². The van der Waals surface area contributed by atoms with E-state index in [-0.39, 0.29) is 18.7 Å². The molecule has 0 aromatic carbocycles. The predicted molar refractivity (Wildman–Crippen MR) is 272 cm³/mol. The number of hydrogen-bond donors (Lipinski definition) is 6. The molecule has 1 fully saturated rings. The lowest BCUT2D eigenvalue weighted by molar-refractivity contribution is -0.161. The fourth-order valence-corrected chi connectivity index (χ4v) is 9.25. The highest BCUT2D eigenvalue weighted by Gasteiger charge is 2.46. The van der Waals surface area contributed by atoms with Gasteiger partial charge in [0.15, 0.2) is 12.3 Å². The quantitative estimate of drug-likeness (QED) is 0.0117. The van der Waals surface area contributed by atoms with E-state index in [1.165, 1.54) is 51.0 Å². The van der Waals surface area contributed by atoms with E-state index in [1.54, 1.807) is 18.2 Å². The minimum Gasteiger partial charge on any atom is -0.462 e. The molecule has 2 heterocycles. The average molecular weight is 1040 g/mol. The van der Waals surface area contributed by atoms with Gasteiger partial charge in [-0.1, -0.05) is 139 Å². The maximum Gasteiger partial charge on any atom is 0.481 e. The summed E-state index contributed by atoms with van der Waals surface area (Å²) in [5.74, 6) is -1.44. The minimum atomic E-state index is -5.45. The van der Waals surface area contributed by atoms with Crippen LogP contribution >= 0.6 is 15.6 Å². The number of phosphoric acid groups is 2. The SMILES string of the molecule is CCCCC/C=C\C/C=C\CC(O)/C=C\C=C\CCCC(=O)OC[C@H](COP(=O)(O)OP(=O)(O)OC[C@H]1O[C@@H](n2ccc(N)nc2=O)[C@H](O)[C@@H]1O)OC(=O)CCCCCCCCC/C=C\CCCCCC. The number of nitrogens with two attached hydrogens (primary N) is 1. The third kappa shape index (κ3) is 30.9. The van der Waals surface area contributed by atoms with Gasteiger partial charge in [-0.15, -0.1) is 0 Å². The van der Waals surface area contributed by atoms with Gasteiger partial charge in [0.2, 0.25) is 0 Å². The molecular formula is C50H83N3O16P2. The molecule has 0 saturated carbocycles. The Balaban J connectivity index is 1.85. The van der Waals surface area contributed by atoms with Crippen LogP contribution in [0, 0.1) is 0 Å². The second kappa shape index (κ2) is 38.1. The molecule has 1 aliphatic rings. The molecule has 8 atom stereocenters. The Labute approximate surface area is 420 Å². The summed E-state index contributed by atoms with van der Waals surface area (Å²) in [4.78, 5) is 61.9. The molecule has 1 aromatic heterocycles. The Morgan fingerprint density at radius 1 is 0.746 bits per heavy atom. The Kier molecular flexibility index (Phi) is 34.1. The zero-order chi connectivity index (χ0) is 52.2. The van der Waals surface area contributed by atoms with Crippen molar-refractivity contribution in [1.82, 2.24) is 9.55 Å². The number of nitrogens with zero attached hydrogens (tertiary/aromatic N) is 2. The van der Waals surface area contributed by atoms with E-state index in [0.29, 0.717) is 25.7 Å². The van der Waals surface area contributed by atoms with Gasteiger partial charge in [-0.05, 0) is 76.7 Å². The van der Waals surface area contributed by atoms with Crippen LogP contribution in [0.25, 0.3) is 0 Å². The molecular weight excluding hydrogens is 961 g/mol. The van der Waals surface area contributed by atoms with Crippen molar-refractivity contribution >= 4 is 33.4 Å². The maximum atomic E-state index is 12.9. The van der Waals surface area contributed by atoms with E-state index >= 15 is 0 Å². The Morgan fingerprint density at radius 2 is 1.32 bits per heavy atom. The predicted octanol–water partition coefficient (Wildman–Crippen LogP) is 9.30. The second-order valence-electron chi connectivity index (χ2n) is 17.5. The monoisotopic (exact) mass is 1040 g/mol. The highest BCUT2D eigenvalue weighted by molar-refractivity contribution is 7.61. The van der Waals surface area contributed by atoms with Crippen LogP contribution in [0.1, 0.15) is 168 Å². The van der Waals surface area contributed by atoms with Crippen molar-refractivity contribution in [3.8, 4) is 0 Å². The molecule has 2 rings (SSSR count). The van der Waals surface area contributed by atoms with Crippen molar-refractivity contribution < 1.29 is 71.4 Å². The molecule has 1 saturated heterocycles. The molecule has 404 valence electrons. The summed E-state index contributed by atoms with van der Waals surface area (Å²) in [7, 11) is -10.9. The molecule has 19 nitrogen and oxygen atoms in total. The van der Waals surface area contributed by atoms with Crippen molar-refractivity contribution in [2.75, 3.05) is 25.6 Å². The van der Waals surface area contributed by atoms with Crippen LogP contribution in [0.2, 0.25) is 0 Å². The highest BCUT2D eigenvalue weighted by atomic mass is 31.3. The van der Waals surface area contributed by atoms with Crippen LogP contribution in [-0.2, 0) is 46.3 Å². The van der Waals surface area contributed by atoms with E-state index < -0.39 is 89.8 Å². The maximum absolute atomic E-state index is 12.9. The van der Waals surface area contributed by atoms with E-state index in [0.717, 1.165) is 75.0 Å². The van der Waals surface area contributed by atoms with Crippen LogP contribution in [0.4, 0.5) is 5.82 Å². The Morgan fingerprint density at radius 3 is 2.01 bits per heavy atom. The summed E-state index contributed by atoms with van der Waals surface area (Å²) >= 11 is 0. The molecule has 0 radical (unpaired) electrons. The van der Waals surface area contributed by atoms with Crippen molar-refractivity contribution in [3.05, 3.63) is 83.5 Å².